The van der Waals surface area contributed by atoms with E-state index >= 15 is 0 Å². The zero-order chi connectivity index (χ0) is 36.7. The molecule has 0 N–H and O–H groups in total. The quantitative estimate of drug-likeness (QED) is 0.158. The maximum Gasteiger partial charge on any atom is 0.0434 e. The molecule has 0 saturated carbocycles. The first-order valence-electron chi connectivity index (χ1n) is 19.5. The lowest BCUT2D eigenvalue weighted by atomic mass is 9.91. The number of thiophene rings is 1. The third kappa shape index (κ3) is 4.71. The molecule has 1 aliphatic carbocycles. The standard InChI is InChI=1S/C55H34S/c1-2-13-34(14-3-1)38-21-9-25-46-47-26-10-22-39(53(47)33-52(38)46)35-15-8-16-36(31-35)40-23-11-27-49-50-28-12-24-41(55(50)56-54(40)49)37-29-30-48-44-19-5-4-17-42(44)43-18-6-7-20-45(43)51(48)32-37/h1-32H,33H2. The van der Waals surface area contributed by atoms with Crippen molar-refractivity contribution in [1.82, 2.24) is 0 Å². The molecule has 260 valence electrons. The minimum absolute atomic E-state index is 0.936. The van der Waals surface area contributed by atoms with Gasteiger partial charge in [-0.25, -0.2) is 0 Å². The second kappa shape index (κ2) is 12.4. The fourth-order valence-electron chi connectivity index (χ4n) is 9.60. The van der Waals surface area contributed by atoms with E-state index in [1.165, 1.54) is 119 Å². The Bertz CT molecular complexity index is 3350. The molecule has 0 bridgehead atoms. The molecule has 11 aromatic rings. The molecule has 1 aliphatic rings. The van der Waals surface area contributed by atoms with Gasteiger partial charge in [-0.3, -0.25) is 0 Å². The van der Waals surface area contributed by atoms with E-state index in [1.807, 2.05) is 11.3 Å². The molecular formula is C55H34S. The molecule has 10 aromatic carbocycles. The molecule has 0 radical (unpaired) electrons. The maximum atomic E-state index is 2.42. The van der Waals surface area contributed by atoms with E-state index < -0.39 is 0 Å². The van der Waals surface area contributed by atoms with Crippen LogP contribution in [0.2, 0.25) is 0 Å². The van der Waals surface area contributed by atoms with Crippen LogP contribution in [-0.4, -0.2) is 0 Å². The van der Waals surface area contributed by atoms with Crippen LogP contribution in [0.4, 0.5) is 0 Å². The SMILES string of the molecule is c1ccc(-c2cccc3c2Cc2c(-c4cccc(-c5cccc6c5sc5c(-c7ccc8c9ccccc9c9ccccc9c8c7)cccc56)c4)cccc2-3)cc1. The minimum Gasteiger partial charge on any atom is -0.134 e. The summed E-state index contributed by atoms with van der Waals surface area (Å²) in [5.41, 5.74) is 15.9. The molecule has 0 nitrogen and oxygen atoms in total. The topological polar surface area (TPSA) is 0 Å². The van der Waals surface area contributed by atoms with Gasteiger partial charge in [-0.2, -0.15) is 0 Å². The van der Waals surface area contributed by atoms with E-state index in [9.17, 15) is 0 Å². The Hall–Kier alpha value is -6.80. The summed E-state index contributed by atoms with van der Waals surface area (Å²) in [4.78, 5) is 0. The van der Waals surface area contributed by atoms with Gasteiger partial charge in [-0.1, -0.05) is 182 Å². The van der Waals surface area contributed by atoms with Gasteiger partial charge in [-0.05, 0) is 118 Å². The van der Waals surface area contributed by atoms with E-state index in [1.54, 1.807) is 0 Å². The highest BCUT2D eigenvalue weighted by molar-refractivity contribution is 7.26. The van der Waals surface area contributed by atoms with Gasteiger partial charge < -0.3 is 0 Å². The number of benzene rings is 10. The smallest absolute Gasteiger partial charge is 0.0434 e. The van der Waals surface area contributed by atoms with Crippen LogP contribution in [0.3, 0.4) is 0 Å². The van der Waals surface area contributed by atoms with Gasteiger partial charge in [0.25, 0.3) is 0 Å². The highest BCUT2D eigenvalue weighted by atomic mass is 32.1. The summed E-state index contributed by atoms with van der Waals surface area (Å²) in [7, 11) is 0. The predicted octanol–water partition coefficient (Wildman–Crippen LogP) is 15.8. The van der Waals surface area contributed by atoms with Gasteiger partial charge in [0.1, 0.15) is 0 Å². The first kappa shape index (κ1) is 31.5. The van der Waals surface area contributed by atoms with E-state index in [4.69, 9.17) is 0 Å². The Morgan fingerprint density at radius 1 is 0.250 bits per heavy atom. The molecule has 1 aromatic heterocycles. The third-order valence-electron chi connectivity index (χ3n) is 12.1. The monoisotopic (exact) mass is 726 g/mol. The van der Waals surface area contributed by atoms with Gasteiger partial charge in [0.15, 0.2) is 0 Å². The predicted molar refractivity (Wildman–Crippen MR) is 242 cm³/mol. The van der Waals surface area contributed by atoms with Gasteiger partial charge in [0, 0.05) is 20.2 Å². The molecular weight excluding hydrogens is 693 g/mol. The van der Waals surface area contributed by atoms with Crippen molar-refractivity contribution in [3.05, 3.63) is 205 Å². The highest BCUT2D eigenvalue weighted by Gasteiger charge is 2.25. The summed E-state index contributed by atoms with van der Waals surface area (Å²) in [6.45, 7) is 0. The van der Waals surface area contributed by atoms with Crippen LogP contribution in [0, 0.1) is 0 Å². The normalized spacial score (nSPS) is 12.2. The second-order valence-corrected chi connectivity index (χ2v) is 16.1. The maximum absolute atomic E-state index is 2.42. The Labute approximate surface area is 329 Å². The number of fused-ring (bicyclic) bond motifs is 12. The summed E-state index contributed by atoms with van der Waals surface area (Å²) in [6, 6.07) is 72.1. The van der Waals surface area contributed by atoms with Gasteiger partial charge in [0.2, 0.25) is 0 Å². The van der Waals surface area contributed by atoms with Crippen molar-refractivity contribution in [3.8, 4) is 55.6 Å². The van der Waals surface area contributed by atoms with Gasteiger partial charge >= 0.3 is 0 Å². The average Bonchev–Trinajstić information content (AvgIpc) is 3.86. The van der Waals surface area contributed by atoms with E-state index in [2.05, 4.69) is 194 Å². The zero-order valence-corrected chi connectivity index (χ0v) is 31.4. The van der Waals surface area contributed by atoms with Crippen molar-refractivity contribution in [2.75, 3.05) is 0 Å². The second-order valence-electron chi connectivity index (χ2n) is 15.1. The van der Waals surface area contributed by atoms with Crippen LogP contribution in [0.5, 0.6) is 0 Å². The lowest BCUT2D eigenvalue weighted by Gasteiger charge is -2.12. The summed E-state index contributed by atoms with van der Waals surface area (Å²) in [6.07, 6.45) is 0.936. The van der Waals surface area contributed by atoms with Crippen molar-refractivity contribution in [3.63, 3.8) is 0 Å². The molecule has 12 rings (SSSR count). The summed E-state index contributed by atoms with van der Waals surface area (Å²) in [5.74, 6) is 0. The average molecular weight is 727 g/mol. The number of rotatable bonds is 4. The molecule has 1 heterocycles. The van der Waals surface area contributed by atoms with E-state index in [0.717, 1.165) is 6.42 Å². The summed E-state index contributed by atoms with van der Waals surface area (Å²) >= 11 is 1.93. The van der Waals surface area contributed by atoms with Crippen molar-refractivity contribution < 1.29 is 0 Å². The van der Waals surface area contributed by atoms with Crippen molar-refractivity contribution in [2.45, 2.75) is 6.42 Å². The van der Waals surface area contributed by atoms with E-state index in [0.29, 0.717) is 0 Å². The first-order chi connectivity index (χ1) is 27.8. The number of hydrogen-bond donors (Lipinski definition) is 0. The van der Waals surface area contributed by atoms with Crippen LogP contribution in [0.25, 0.3) is 108 Å². The van der Waals surface area contributed by atoms with Gasteiger partial charge in [0.05, 0.1) is 0 Å². The molecule has 0 spiro atoms. The lowest BCUT2D eigenvalue weighted by Crippen LogP contribution is -1.90. The van der Waals surface area contributed by atoms with Crippen molar-refractivity contribution in [2.24, 2.45) is 0 Å². The van der Waals surface area contributed by atoms with Crippen LogP contribution in [0.1, 0.15) is 11.1 Å². The molecule has 0 amide bonds. The molecule has 0 aliphatic heterocycles. The Kier molecular flexibility index (Phi) is 6.96. The Balaban J connectivity index is 0.980. The Morgan fingerprint density at radius 3 is 1.25 bits per heavy atom. The van der Waals surface area contributed by atoms with Crippen molar-refractivity contribution >= 4 is 63.8 Å². The summed E-state index contributed by atoms with van der Waals surface area (Å²) in [5, 5.41) is 10.5. The number of hydrogen-bond acceptors (Lipinski definition) is 1. The molecule has 0 unspecified atom stereocenters. The molecule has 0 saturated heterocycles. The minimum atomic E-state index is 0.936. The molecule has 0 fully saturated rings. The summed E-state index contributed by atoms with van der Waals surface area (Å²) < 4.78 is 2.67. The largest absolute Gasteiger partial charge is 0.134 e. The first-order valence-corrected chi connectivity index (χ1v) is 20.3. The van der Waals surface area contributed by atoms with Crippen molar-refractivity contribution in [1.29, 1.82) is 0 Å². The van der Waals surface area contributed by atoms with Crippen LogP contribution in [0.15, 0.2) is 194 Å². The fraction of sp³-hybridized carbons (Fsp3) is 0.0182. The molecule has 0 atom stereocenters. The highest BCUT2D eigenvalue weighted by Crippen LogP contribution is 2.48. The Morgan fingerprint density at radius 2 is 0.643 bits per heavy atom. The molecule has 1 heteroatoms. The lowest BCUT2D eigenvalue weighted by molar-refractivity contribution is 1.26. The van der Waals surface area contributed by atoms with E-state index in [-0.39, 0.29) is 0 Å². The zero-order valence-electron chi connectivity index (χ0n) is 30.6. The molecule has 56 heavy (non-hydrogen) atoms. The fourth-order valence-corrected chi connectivity index (χ4v) is 11.0. The van der Waals surface area contributed by atoms with Gasteiger partial charge in [-0.15, -0.1) is 11.3 Å². The van der Waals surface area contributed by atoms with Crippen LogP contribution >= 0.6 is 11.3 Å². The van der Waals surface area contributed by atoms with Crippen LogP contribution in [-0.2, 0) is 6.42 Å². The third-order valence-corrected chi connectivity index (χ3v) is 13.4. The van der Waals surface area contributed by atoms with Crippen LogP contribution < -0.4 is 0 Å².